The van der Waals surface area contributed by atoms with Crippen molar-refractivity contribution in [2.75, 3.05) is 42.3 Å². The molecule has 5 rings (SSSR count). The first-order valence-electron chi connectivity index (χ1n) is 12.0. The fourth-order valence-corrected chi connectivity index (χ4v) is 4.87. The van der Waals surface area contributed by atoms with Crippen LogP contribution in [-0.2, 0) is 14.6 Å². The third-order valence-corrected chi connectivity index (χ3v) is 7.16. The Balaban J connectivity index is 1.37. The highest BCUT2D eigenvalue weighted by atomic mass is 32.2. The number of para-hydroxylation sites is 1. The summed E-state index contributed by atoms with van der Waals surface area (Å²) >= 11 is 0. The summed E-state index contributed by atoms with van der Waals surface area (Å²) in [6, 6.07) is 8.92. The molecule has 3 aromatic heterocycles. The number of nitrogens with one attached hydrogen (secondary N) is 1. The maximum absolute atomic E-state index is 14.8. The number of halogens is 1. The minimum atomic E-state index is -3.68. The zero-order valence-electron chi connectivity index (χ0n) is 21.2. The Kier molecular flexibility index (Phi) is 6.95. The quantitative estimate of drug-likeness (QED) is 0.121. The summed E-state index contributed by atoms with van der Waals surface area (Å²) in [5.74, 6) is 3.75. The molecule has 0 saturated carbocycles. The molecule has 1 aromatic carbocycles. The molecule has 0 atom stereocenters. The van der Waals surface area contributed by atoms with Crippen molar-refractivity contribution in [3.8, 4) is 5.69 Å². The molecule has 1 saturated heterocycles. The molecule has 1 fully saturated rings. The number of rotatable bonds is 7. The molecule has 1 aliphatic rings. The number of fused-ring (bicyclic) bond motifs is 1. The van der Waals surface area contributed by atoms with Gasteiger partial charge in [-0.1, -0.05) is 18.2 Å². The molecule has 1 amide bonds. The van der Waals surface area contributed by atoms with Crippen LogP contribution in [0, 0.1) is 5.82 Å². The minimum Gasteiger partial charge on any atom is -0.403 e. The van der Waals surface area contributed by atoms with E-state index in [4.69, 9.17) is 11.6 Å². The zero-order valence-corrected chi connectivity index (χ0v) is 22.0. The second kappa shape index (κ2) is 10.4. The number of amides is 1. The number of nitrogens with zero attached hydrogens (tertiary/aromatic N) is 7. The van der Waals surface area contributed by atoms with E-state index < -0.39 is 27.3 Å². The highest BCUT2D eigenvalue weighted by molar-refractivity contribution is 7.90. The highest BCUT2D eigenvalue weighted by Crippen LogP contribution is 2.29. The molecule has 0 bridgehead atoms. The number of benzene rings is 1. The predicted molar refractivity (Wildman–Crippen MR) is 144 cm³/mol. The number of hydrogen-bond donors (Lipinski definition) is 3. The number of hydrazine groups is 1. The number of carbonyl (C=O) groups excluding carboxylic acids is 2. The number of anilines is 2. The lowest BCUT2D eigenvalue weighted by atomic mass is 10.1. The van der Waals surface area contributed by atoms with Gasteiger partial charge in [-0.25, -0.2) is 23.6 Å². The van der Waals surface area contributed by atoms with Gasteiger partial charge in [-0.2, -0.15) is 9.67 Å². The Morgan fingerprint density at radius 3 is 2.50 bits per heavy atom. The standard InChI is InChI=1S/C24H25FN10O4S/c1-40(38,39)23-30-24(35(31-23)15-5-3-2-4-6-15)33-11-9-32(10-12-33)22(37)20(36)16-13-28-19-18(16)17(25)14-29-21(19)34(27)8-7-26/h2-8,13-14,28H,9-12,26-27H2,1H3/b8-7-. The summed E-state index contributed by atoms with van der Waals surface area (Å²) < 4.78 is 40.5. The number of piperazine rings is 1. The fourth-order valence-electron chi connectivity index (χ4n) is 4.39. The second-order valence-corrected chi connectivity index (χ2v) is 10.9. The van der Waals surface area contributed by atoms with Crippen LogP contribution in [0.5, 0.6) is 0 Å². The van der Waals surface area contributed by atoms with Crippen molar-refractivity contribution >= 4 is 44.2 Å². The van der Waals surface area contributed by atoms with Gasteiger partial charge in [0.25, 0.3) is 16.8 Å². The second-order valence-electron chi connectivity index (χ2n) is 8.95. The fraction of sp³-hybridized carbons (Fsp3) is 0.208. The SMILES string of the molecule is CS(=O)(=O)c1nc(N2CCN(C(=O)C(=O)c3c[nH]c4c(N(N)/C=C\N)ncc(F)c34)CC2)n(-c2ccccc2)n1. The number of hydrogen-bond acceptors (Lipinski definition) is 11. The van der Waals surface area contributed by atoms with Crippen LogP contribution in [-0.4, -0.2) is 82.2 Å². The Morgan fingerprint density at radius 1 is 1.15 bits per heavy atom. The molecule has 14 nitrogen and oxygen atoms in total. The van der Waals surface area contributed by atoms with Crippen molar-refractivity contribution in [1.29, 1.82) is 0 Å². The topological polar surface area (TPSA) is 189 Å². The maximum atomic E-state index is 14.8. The highest BCUT2D eigenvalue weighted by Gasteiger charge is 2.32. The van der Waals surface area contributed by atoms with Crippen molar-refractivity contribution in [1.82, 2.24) is 29.6 Å². The number of sulfone groups is 1. The molecule has 0 radical (unpaired) electrons. The summed E-state index contributed by atoms with van der Waals surface area (Å²) in [6.07, 6.45) is 5.63. The van der Waals surface area contributed by atoms with E-state index in [1.165, 1.54) is 28.2 Å². The van der Waals surface area contributed by atoms with Crippen molar-refractivity contribution in [3.63, 3.8) is 0 Å². The van der Waals surface area contributed by atoms with Crippen molar-refractivity contribution in [2.45, 2.75) is 5.16 Å². The molecule has 5 N–H and O–H groups in total. The third-order valence-electron chi connectivity index (χ3n) is 6.33. The smallest absolute Gasteiger partial charge is 0.295 e. The first-order chi connectivity index (χ1) is 19.1. The Hall–Kier alpha value is -4.83. The molecule has 40 heavy (non-hydrogen) atoms. The average molecular weight is 569 g/mol. The lowest BCUT2D eigenvalue weighted by molar-refractivity contribution is -0.126. The molecular formula is C24H25FN10O4S. The van der Waals surface area contributed by atoms with Crippen molar-refractivity contribution < 1.29 is 22.4 Å². The van der Waals surface area contributed by atoms with E-state index in [0.29, 0.717) is 11.6 Å². The molecule has 1 aliphatic heterocycles. The van der Waals surface area contributed by atoms with E-state index in [1.807, 2.05) is 6.07 Å². The summed E-state index contributed by atoms with van der Waals surface area (Å²) in [6.45, 7) is 0.765. The minimum absolute atomic E-state index is 0.106. The van der Waals surface area contributed by atoms with Gasteiger partial charge >= 0.3 is 0 Å². The van der Waals surface area contributed by atoms with Gasteiger partial charge in [0.15, 0.2) is 11.6 Å². The first kappa shape index (κ1) is 26.8. The van der Waals surface area contributed by atoms with Crippen LogP contribution in [0.1, 0.15) is 10.4 Å². The van der Waals surface area contributed by atoms with Crippen LogP contribution >= 0.6 is 0 Å². The monoisotopic (exact) mass is 568 g/mol. The zero-order chi connectivity index (χ0) is 28.6. The molecular weight excluding hydrogens is 543 g/mol. The summed E-state index contributed by atoms with van der Waals surface area (Å²) in [5, 5.41) is 4.79. The Bertz CT molecular complexity index is 1730. The van der Waals surface area contributed by atoms with Gasteiger partial charge in [-0.05, 0) is 12.1 Å². The van der Waals surface area contributed by atoms with Gasteiger partial charge in [0.2, 0.25) is 15.8 Å². The van der Waals surface area contributed by atoms with E-state index in [1.54, 1.807) is 29.2 Å². The largest absolute Gasteiger partial charge is 0.403 e. The van der Waals surface area contributed by atoms with E-state index in [2.05, 4.69) is 20.1 Å². The van der Waals surface area contributed by atoms with E-state index in [0.717, 1.165) is 17.5 Å². The van der Waals surface area contributed by atoms with Crippen molar-refractivity contribution in [3.05, 3.63) is 66.5 Å². The van der Waals surface area contributed by atoms with Gasteiger partial charge in [0.1, 0.15) is 0 Å². The van der Waals surface area contributed by atoms with Gasteiger partial charge in [0, 0.05) is 51.0 Å². The van der Waals surface area contributed by atoms with Crippen LogP contribution in [0.15, 0.2) is 60.3 Å². The molecule has 0 spiro atoms. The van der Waals surface area contributed by atoms with E-state index in [-0.39, 0.29) is 53.6 Å². The number of aromatic nitrogens is 5. The van der Waals surface area contributed by atoms with Gasteiger partial charge in [-0.3, -0.25) is 14.6 Å². The predicted octanol–water partition coefficient (Wildman–Crippen LogP) is 0.328. The molecule has 208 valence electrons. The summed E-state index contributed by atoms with van der Waals surface area (Å²) in [7, 11) is -3.68. The number of Topliss-reactive ketones (excluding diaryl/α,β-unsaturated/α-hetero) is 1. The molecule has 4 heterocycles. The van der Waals surface area contributed by atoms with Crippen LogP contribution in [0.4, 0.5) is 16.2 Å². The lowest BCUT2D eigenvalue weighted by Crippen LogP contribution is -2.51. The molecule has 16 heteroatoms. The van der Waals surface area contributed by atoms with Crippen LogP contribution in [0.25, 0.3) is 16.6 Å². The summed E-state index contributed by atoms with van der Waals surface area (Å²) in [5.41, 5.74) is 5.95. The normalized spacial score (nSPS) is 14.3. The molecule has 4 aromatic rings. The average Bonchev–Trinajstić information content (AvgIpc) is 3.60. The van der Waals surface area contributed by atoms with Crippen LogP contribution < -0.4 is 21.5 Å². The number of ketones is 1. The number of carbonyl (C=O) groups is 2. The third kappa shape index (κ3) is 4.85. The molecule has 0 unspecified atom stereocenters. The number of H-pyrrole nitrogens is 1. The number of pyridine rings is 1. The first-order valence-corrected chi connectivity index (χ1v) is 13.9. The molecule has 0 aliphatic carbocycles. The van der Waals surface area contributed by atoms with Crippen LogP contribution in [0.2, 0.25) is 0 Å². The Labute approximate surface area is 227 Å². The van der Waals surface area contributed by atoms with Gasteiger partial charge in [-0.15, -0.1) is 5.10 Å². The van der Waals surface area contributed by atoms with Gasteiger partial charge in [0.05, 0.1) is 28.4 Å². The van der Waals surface area contributed by atoms with Crippen molar-refractivity contribution in [2.24, 2.45) is 11.6 Å². The lowest BCUT2D eigenvalue weighted by Gasteiger charge is -2.34. The number of aromatic amines is 1. The van der Waals surface area contributed by atoms with E-state index >= 15 is 0 Å². The van der Waals surface area contributed by atoms with Gasteiger partial charge < -0.3 is 20.5 Å². The maximum Gasteiger partial charge on any atom is 0.295 e. The van der Waals surface area contributed by atoms with Crippen LogP contribution in [0.3, 0.4) is 0 Å². The Morgan fingerprint density at radius 2 is 1.85 bits per heavy atom. The van der Waals surface area contributed by atoms with E-state index in [9.17, 15) is 22.4 Å². The summed E-state index contributed by atoms with van der Waals surface area (Å²) in [4.78, 5) is 40.5. The number of nitrogens with two attached hydrogens (primary N) is 2.